The van der Waals surface area contributed by atoms with Crippen LogP contribution in [0, 0.1) is 6.92 Å². The predicted molar refractivity (Wildman–Crippen MR) is 108 cm³/mol. The van der Waals surface area contributed by atoms with Gasteiger partial charge in [-0.3, -0.25) is 4.68 Å². The second-order valence-electron chi connectivity index (χ2n) is 5.58. The fourth-order valence-electron chi connectivity index (χ4n) is 2.42. The Morgan fingerprint density at radius 3 is 2.81 bits per heavy atom. The van der Waals surface area contributed by atoms with Crippen molar-refractivity contribution in [3.05, 3.63) is 64.8 Å². The first-order chi connectivity index (χ1) is 12.5. The Morgan fingerprint density at radius 2 is 2.08 bits per heavy atom. The van der Waals surface area contributed by atoms with Crippen molar-refractivity contribution in [2.45, 2.75) is 13.5 Å². The van der Waals surface area contributed by atoms with Gasteiger partial charge >= 0.3 is 5.97 Å². The van der Waals surface area contributed by atoms with Crippen LogP contribution >= 0.6 is 23.6 Å². The molecule has 134 valence electrons. The number of nitrogens with one attached hydrogen (secondary N) is 2. The van der Waals surface area contributed by atoms with Gasteiger partial charge in [0.1, 0.15) is 5.00 Å². The van der Waals surface area contributed by atoms with Gasteiger partial charge < -0.3 is 15.4 Å². The Hall–Kier alpha value is -2.71. The topological polar surface area (TPSA) is 68.2 Å². The Morgan fingerprint density at radius 1 is 1.31 bits per heavy atom. The van der Waals surface area contributed by atoms with Gasteiger partial charge in [0, 0.05) is 11.1 Å². The summed E-state index contributed by atoms with van der Waals surface area (Å²) in [4.78, 5) is 12.8. The molecule has 2 N–H and O–H groups in total. The van der Waals surface area contributed by atoms with Gasteiger partial charge in [-0.2, -0.15) is 5.10 Å². The average molecular weight is 387 g/mol. The summed E-state index contributed by atoms with van der Waals surface area (Å²) in [5.74, 6) is -0.393. The van der Waals surface area contributed by atoms with Crippen molar-refractivity contribution in [1.29, 1.82) is 0 Å². The molecule has 0 bridgehead atoms. The number of anilines is 2. The van der Waals surface area contributed by atoms with Crippen LogP contribution in [0.25, 0.3) is 0 Å². The fourth-order valence-corrected chi connectivity index (χ4v) is 3.61. The van der Waals surface area contributed by atoms with Crippen LogP contribution in [0.3, 0.4) is 0 Å². The minimum Gasteiger partial charge on any atom is -0.465 e. The average Bonchev–Trinajstić information content (AvgIpc) is 3.21. The van der Waals surface area contributed by atoms with Crippen molar-refractivity contribution in [1.82, 2.24) is 9.78 Å². The van der Waals surface area contributed by atoms with Crippen LogP contribution in [-0.4, -0.2) is 28.0 Å². The lowest BCUT2D eigenvalue weighted by molar-refractivity contribution is 0.0602. The van der Waals surface area contributed by atoms with E-state index in [9.17, 15) is 4.79 Å². The SMILES string of the molecule is COC(=O)c1cc(C)sc1NC(=S)Nc1cnn(Cc2ccccc2)c1. The van der Waals surface area contributed by atoms with Gasteiger partial charge in [0.2, 0.25) is 0 Å². The molecule has 0 radical (unpaired) electrons. The second kappa shape index (κ2) is 8.11. The van der Waals surface area contributed by atoms with Crippen molar-refractivity contribution in [2.75, 3.05) is 17.7 Å². The molecule has 0 aliphatic carbocycles. The van der Waals surface area contributed by atoms with E-state index in [0.29, 0.717) is 22.2 Å². The quantitative estimate of drug-likeness (QED) is 0.512. The number of esters is 1. The van der Waals surface area contributed by atoms with E-state index >= 15 is 0 Å². The van der Waals surface area contributed by atoms with Crippen molar-refractivity contribution in [3.63, 3.8) is 0 Å². The zero-order valence-electron chi connectivity index (χ0n) is 14.4. The van der Waals surface area contributed by atoms with Gasteiger partial charge in [-0.25, -0.2) is 4.79 Å². The minimum atomic E-state index is -0.393. The fraction of sp³-hybridized carbons (Fsp3) is 0.167. The molecule has 1 aromatic carbocycles. The second-order valence-corrected chi connectivity index (χ2v) is 7.25. The van der Waals surface area contributed by atoms with Gasteiger partial charge in [-0.1, -0.05) is 30.3 Å². The molecule has 2 aromatic heterocycles. The van der Waals surface area contributed by atoms with Gasteiger partial charge in [-0.05, 0) is 30.8 Å². The molecule has 26 heavy (non-hydrogen) atoms. The van der Waals surface area contributed by atoms with Crippen LogP contribution in [0.4, 0.5) is 10.7 Å². The molecular weight excluding hydrogens is 368 g/mol. The molecule has 8 heteroatoms. The van der Waals surface area contributed by atoms with Gasteiger partial charge in [0.15, 0.2) is 5.11 Å². The third-order valence-electron chi connectivity index (χ3n) is 3.57. The summed E-state index contributed by atoms with van der Waals surface area (Å²) in [6.07, 6.45) is 3.58. The third-order valence-corrected chi connectivity index (χ3v) is 4.74. The molecular formula is C18H18N4O2S2. The largest absolute Gasteiger partial charge is 0.465 e. The molecule has 0 atom stereocenters. The number of nitrogens with zero attached hydrogens (tertiary/aromatic N) is 2. The number of thiocarbonyl (C=S) groups is 1. The standard InChI is InChI=1S/C18H18N4O2S2/c1-12-8-15(17(23)24-2)16(26-12)21-18(25)20-14-9-19-22(11-14)10-13-6-4-3-5-7-13/h3-9,11H,10H2,1-2H3,(H2,20,21,25). The molecule has 0 saturated carbocycles. The summed E-state index contributed by atoms with van der Waals surface area (Å²) in [5.41, 5.74) is 2.41. The molecule has 0 aliphatic heterocycles. The first kappa shape index (κ1) is 18.1. The van der Waals surface area contributed by atoms with Crippen LogP contribution in [0.1, 0.15) is 20.8 Å². The number of thiophene rings is 1. The lowest BCUT2D eigenvalue weighted by atomic mass is 10.2. The van der Waals surface area contributed by atoms with Crippen molar-refractivity contribution < 1.29 is 9.53 Å². The first-order valence-corrected chi connectivity index (χ1v) is 9.11. The molecule has 0 unspecified atom stereocenters. The number of carbonyl (C=O) groups is 1. The predicted octanol–water partition coefficient (Wildman–Crippen LogP) is 3.90. The van der Waals surface area contributed by atoms with E-state index in [2.05, 4.69) is 27.9 Å². The maximum atomic E-state index is 11.8. The summed E-state index contributed by atoms with van der Waals surface area (Å²) in [5, 5.41) is 11.5. The molecule has 0 spiro atoms. The Bertz CT molecular complexity index is 918. The highest BCUT2D eigenvalue weighted by atomic mass is 32.1. The van der Waals surface area contributed by atoms with E-state index < -0.39 is 5.97 Å². The number of hydrogen-bond donors (Lipinski definition) is 2. The number of aromatic nitrogens is 2. The molecule has 0 saturated heterocycles. The molecule has 3 rings (SSSR count). The lowest BCUT2D eigenvalue weighted by Gasteiger charge is -2.08. The zero-order valence-corrected chi connectivity index (χ0v) is 16.0. The van der Waals surface area contributed by atoms with E-state index in [0.717, 1.165) is 10.6 Å². The monoisotopic (exact) mass is 386 g/mol. The Balaban J connectivity index is 1.63. The molecule has 2 heterocycles. The molecule has 3 aromatic rings. The smallest absolute Gasteiger partial charge is 0.340 e. The van der Waals surface area contributed by atoms with Crippen LogP contribution in [0.5, 0.6) is 0 Å². The lowest BCUT2D eigenvalue weighted by Crippen LogP contribution is -2.19. The summed E-state index contributed by atoms with van der Waals surface area (Å²) in [6.45, 7) is 2.60. The summed E-state index contributed by atoms with van der Waals surface area (Å²) in [6, 6.07) is 11.9. The number of methoxy groups -OCH3 is 1. The summed E-state index contributed by atoms with van der Waals surface area (Å²) < 4.78 is 6.63. The van der Waals surface area contributed by atoms with Crippen molar-refractivity contribution in [3.8, 4) is 0 Å². The van der Waals surface area contributed by atoms with Gasteiger partial charge in [0.25, 0.3) is 0 Å². The highest BCUT2D eigenvalue weighted by Gasteiger charge is 2.16. The molecule has 0 aliphatic rings. The van der Waals surface area contributed by atoms with Gasteiger partial charge in [-0.15, -0.1) is 11.3 Å². The molecule has 0 amide bonds. The maximum absolute atomic E-state index is 11.8. The van der Waals surface area contributed by atoms with Crippen molar-refractivity contribution in [2.24, 2.45) is 0 Å². The normalized spacial score (nSPS) is 10.4. The van der Waals surface area contributed by atoms with E-state index in [1.807, 2.05) is 36.0 Å². The third kappa shape index (κ3) is 4.47. The molecule has 6 nitrogen and oxygen atoms in total. The Kier molecular flexibility index (Phi) is 5.65. The van der Waals surface area contributed by atoms with Crippen molar-refractivity contribution >= 4 is 45.3 Å². The van der Waals surface area contributed by atoms with Crippen LogP contribution in [0.2, 0.25) is 0 Å². The number of hydrogen-bond acceptors (Lipinski definition) is 5. The van der Waals surface area contributed by atoms with E-state index in [4.69, 9.17) is 17.0 Å². The van der Waals surface area contributed by atoms with E-state index in [-0.39, 0.29) is 0 Å². The van der Waals surface area contributed by atoms with E-state index in [1.165, 1.54) is 24.0 Å². The minimum absolute atomic E-state index is 0.385. The number of ether oxygens (including phenoxy) is 1. The zero-order chi connectivity index (χ0) is 18.5. The highest BCUT2D eigenvalue weighted by Crippen LogP contribution is 2.28. The number of benzene rings is 1. The van der Waals surface area contributed by atoms with Crippen LogP contribution in [0.15, 0.2) is 48.8 Å². The highest BCUT2D eigenvalue weighted by molar-refractivity contribution is 7.80. The maximum Gasteiger partial charge on any atom is 0.340 e. The molecule has 0 fully saturated rings. The number of carbonyl (C=O) groups excluding carboxylic acids is 1. The van der Waals surface area contributed by atoms with E-state index in [1.54, 1.807) is 12.3 Å². The number of rotatable bonds is 5. The van der Waals surface area contributed by atoms with Gasteiger partial charge in [0.05, 0.1) is 31.1 Å². The van der Waals surface area contributed by atoms with Crippen LogP contribution < -0.4 is 10.6 Å². The summed E-state index contributed by atoms with van der Waals surface area (Å²) >= 11 is 6.79. The van der Waals surface area contributed by atoms with Crippen LogP contribution in [-0.2, 0) is 11.3 Å². The summed E-state index contributed by atoms with van der Waals surface area (Å²) in [7, 11) is 1.36. The first-order valence-electron chi connectivity index (χ1n) is 7.88. The Labute approximate surface area is 160 Å². The number of aryl methyl sites for hydroxylation is 1.